The molecule has 1 atom stereocenters. The summed E-state index contributed by atoms with van der Waals surface area (Å²) in [7, 11) is 0. The van der Waals surface area contributed by atoms with Gasteiger partial charge in [-0.1, -0.05) is 12.1 Å². The van der Waals surface area contributed by atoms with Crippen molar-refractivity contribution in [2.45, 2.75) is 18.9 Å². The van der Waals surface area contributed by atoms with Crippen LogP contribution in [-0.2, 0) is 0 Å². The maximum atomic E-state index is 9.51. The van der Waals surface area contributed by atoms with Gasteiger partial charge in [-0.15, -0.1) is 0 Å². The molecule has 0 aliphatic rings. The fraction of sp³-hybridized carbons (Fsp3) is 0.400. The first-order chi connectivity index (χ1) is 6.66. The normalized spacial score (nSPS) is 12.7. The van der Waals surface area contributed by atoms with Gasteiger partial charge in [-0.2, -0.15) is 0 Å². The summed E-state index contributed by atoms with van der Waals surface area (Å²) < 4.78 is 0. The Morgan fingerprint density at radius 3 is 2.64 bits per heavy atom. The quantitative estimate of drug-likeness (QED) is 0.537. The molecule has 0 aliphatic carbocycles. The molecule has 4 nitrogen and oxygen atoms in total. The molecule has 14 heavy (non-hydrogen) atoms. The highest BCUT2D eigenvalue weighted by molar-refractivity contribution is 5.45. The van der Waals surface area contributed by atoms with E-state index in [1.165, 1.54) is 6.07 Å². The number of hydrogen-bond donors (Lipinski definition) is 4. The number of para-hydroxylation sites is 1. The van der Waals surface area contributed by atoms with Crippen molar-refractivity contribution in [3.05, 3.63) is 23.8 Å². The van der Waals surface area contributed by atoms with E-state index in [1.807, 2.05) is 0 Å². The standard InChI is InChI=1S/C10H16N2O2/c11-6-2-4-8(12)7-3-1-5-9(13)10(7)14/h1,3,5,8,13-14H,2,4,6,11-12H2/t8-/m1/s1. The Kier molecular flexibility index (Phi) is 3.73. The van der Waals surface area contributed by atoms with Crippen LogP contribution < -0.4 is 11.5 Å². The molecular formula is C10H16N2O2. The first kappa shape index (κ1) is 10.8. The van der Waals surface area contributed by atoms with Gasteiger partial charge >= 0.3 is 0 Å². The molecule has 0 fully saturated rings. The fourth-order valence-electron chi connectivity index (χ4n) is 1.34. The average molecular weight is 196 g/mol. The van der Waals surface area contributed by atoms with E-state index in [9.17, 15) is 10.2 Å². The van der Waals surface area contributed by atoms with Gasteiger partial charge in [0.15, 0.2) is 11.5 Å². The van der Waals surface area contributed by atoms with E-state index in [0.717, 1.165) is 6.42 Å². The maximum absolute atomic E-state index is 9.51. The minimum atomic E-state index is -0.273. The van der Waals surface area contributed by atoms with Crippen molar-refractivity contribution >= 4 is 0 Å². The minimum absolute atomic E-state index is 0.128. The Hall–Kier alpha value is -1.26. The van der Waals surface area contributed by atoms with Crippen molar-refractivity contribution in [2.24, 2.45) is 11.5 Å². The number of hydrogen-bond acceptors (Lipinski definition) is 4. The van der Waals surface area contributed by atoms with E-state index in [4.69, 9.17) is 11.5 Å². The number of phenols is 2. The molecule has 4 heteroatoms. The van der Waals surface area contributed by atoms with E-state index >= 15 is 0 Å². The lowest BCUT2D eigenvalue weighted by atomic mass is 10.0. The van der Waals surface area contributed by atoms with E-state index < -0.39 is 0 Å². The summed E-state index contributed by atoms with van der Waals surface area (Å²) in [6.07, 6.45) is 1.50. The summed E-state index contributed by atoms with van der Waals surface area (Å²) >= 11 is 0. The van der Waals surface area contributed by atoms with Gasteiger partial charge in [-0.05, 0) is 25.5 Å². The number of aromatic hydroxyl groups is 2. The molecule has 0 heterocycles. The van der Waals surface area contributed by atoms with Crippen molar-refractivity contribution < 1.29 is 10.2 Å². The van der Waals surface area contributed by atoms with Crippen LogP contribution in [0.4, 0.5) is 0 Å². The molecule has 0 saturated carbocycles. The van der Waals surface area contributed by atoms with Gasteiger partial charge in [0.05, 0.1) is 0 Å². The topological polar surface area (TPSA) is 92.5 Å². The van der Waals surface area contributed by atoms with Crippen molar-refractivity contribution in [1.82, 2.24) is 0 Å². The maximum Gasteiger partial charge on any atom is 0.162 e. The van der Waals surface area contributed by atoms with Crippen molar-refractivity contribution in [3.63, 3.8) is 0 Å². The third-order valence-corrected chi connectivity index (χ3v) is 2.16. The van der Waals surface area contributed by atoms with Crippen LogP contribution in [0.1, 0.15) is 24.4 Å². The number of phenolic OH excluding ortho intramolecular Hbond substituents is 2. The van der Waals surface area contributed by atoms with Gasteiger partial charge in [0.25, 0.3) is 0 Å². The Balaban J connectivity index is 2.79. The molecular weight excluding hydrogens is 180 g/mol. The van der Waals surface area contributed by atoms with Crippen LogP contribution in [0, 0.1) is 0 Å². The summed E-state index contributed by atoms with van der Waals surface area (Å²) in [6, 6.07) is 4.52. The Bertz CT molecular complexity index is 302. The zero-order valence-electron chi connectivity index (χ0n) is 7.98. The summed E-state index contributed by atoms with van der Waals surface area (Å²) in [5.41, 5.74) is 11.7. The van der Waals surface area contributed by atoms with E-state index in [0.29, 0.717) is 18.5 Å². The monoisotopic (exact) mass is 196 g/mol. The van der Waals surface area contributed by atoms with Gasteiger partial charge in [0.2, 0.25) is 0 Å². The summed E-state index contributed by atoms with van der Waals surface area (Å²) in [5.74, 6) is -0.261. The summed E-state index contributed by atoms with van der Waals surface area (Å²) in [5, 5.41) is 18.8. The van der Waals surface area contributed by atoms with Crippen LogP contribution in [0.15, 0.2) is 18.2 Å². The Morgan fingerprint density at radius 2 is 2.00 bits per heavy atom. The van der Waals surface area contributed by atoms with Crippen LogP contribution >= 0.6 is 0 Å². The molecule has 0 unspecified atom stereocenters. The zero-order chi connectivity index (χ0) is 10.6. The second-order valence-corrected chi connectivity index (χ2v) is 3.25. The van der Waals surface area contributed by atoms with E-state index in [-0.39, 0.29) is 17.5 Å². The van der Waals surface area contributed by atoms with Crippen LogP contribution in [0.3, 0.4) is 0 Å². The zero-order valence-corrected chi connectivity index (χ0v) is 7.98. The van der Waals surface area contributed by atoms with Gasteiger partial charge in [-0.25, -0.2) is 0 Å². The van der Waals surface area contributed by atoms with Crippen LogP contribution in [0.2, 0.25) is 0 Å². The molecule has 78 valence electrons. The Morgan fingerprint density at radius 1 is 1.29 bits per heavy atom. The molecule has 0 amide bonds. The fourth-order valence-corrected chi connectivity index (χ4v) is 1.34. The molecule has 0 saturated heterocycles. The third-order valence-electron chi connectivity index (χ3n) is 2.16. The van der Waals surface area contributed by atoms with Crippen LogP contribution in [0.25, 0.3) is 0 Å². The second-order valence-electron chi connectivity index (χ2n) is 3.25. The number of rotatable bonds is 4. The SMILES string of the molecule is NCCC[C@@H](N)c1cccc(O)c1O. The lowest BCUT2D eigenvalue weighted by Crippen LogP contribution is -2.12. The highest BCUT2D eigenvalue weighted by atomic mass is 16.3. The molecule has 0 aromatic heterocycles. The summed E-state index contributed by atoms with van der Waals surface area (Å²) in [6.45, 7) is 0.577. The number of benzene rings is 1. The van der Waals surface area contributed by atoms with Gasteiger partial charge in [0.1, 0.15) is 0 Å². The highest BCUT2D eigenvalue weighted by Crippen LogP contribution is 2.32. The molecule has 0 spiro atoms. The van der Waals surface area contributed by atoms with Crippen molar-refractivity contribution in [3.8, 4) is 11.5 Å². The average Bonchev–Trinajstić information content (AvgIpc) is 2.18. The van der Waals surface area contributed by atoms with Crippen molar-refractivity contribution in [1.29, 1.82) is 0 Å². The lowest BCUT2D eigenvalue weighted by molar-refractivity contribution is 0.394. The molecule has 1 aromatic rings. The van der Waals surface area contributed by atoms with E-state index in [2.05, 4.69) is 0 Å². The van der Waals surface area contributed by atoms with Gasteiger partial charge in [0, 0.05) is 11.6 Å². The predicted molar refractivity (Wildman–Crippen MR) is 55.0 cm³/mol. The summed E-state index contributed by atoms with van der Waals surface area (Å²) in [4.78, 5) is 0. The smallest absolute Gasteiger partial charge is 0.162 e. The first-order valence-corrected chi connectivity index (χ1v) is 4.63. The molecule has 0 bridgehead atoms. The van der Waals surface area contributed by atoms with Crippen LogP contribution in [0.5, 0.6) is 11.5 Å². The first-order valence-electron chi connectivity index (χ1n) is 4.63. The van der Waals surface area contributed by atoms with Gasteiger partial charge in [-0.3, -0.25) is 0 Å². The third kappa shape index (κ3) is 2.37. The highest BCUT2D eigenvalue weighted by Gasteiger charge is 2.12. The molecule has 1 aromatic carbocycles. The molecule has 0 aliphatic heterocycles. The van der Waals surface area contributed by atoms with Gasteiger partial charge < -0.3 is 21.7 Å². The Labute approximate surface area is 83.2 Å². The molecule has 6 N–H and O–H groups in total. The van der Waals surface area contributed by atoms with E-state index in [1.54, 1.807) is 12.1 Å². The lowest BCUT2D eigenvalue weighted by Gasteiger charge is -2.13. The van der Waals surface area contributed by atoms with Crippen LogP contribution in [-0.4, -0.2) is 16.8 Å². The predicted octanol–water partition coefficient (Wildman–Crippen LogP) is 0.836. The second kappa shape index (κ2) is 4.83. The molecule has 0 radical (unpaired) electrons. The van der Waals surface area contributed by atoms with Crippen molar-refractivity contribution in [2.75, 3.05) is 6.54 Å². The minimum Gasteiger partial charge on any atom is -0.504 e. The number of nitrogens with two attached hydrogens (primary N) is 2. The largest absolute Gasteiger partial charge is 0.504 e. The molecule has 1 rings (SSSR count).